The minimum atomic E-state index is -1.01. The van der Waals surface area contributed by atoms with E-state index in [-0.39, 0.29) is 11.1 Å². The van der Waals surface area contributed by atoms with Crippen molar-refractivity contribution >= 4 is 54.3 Å². The maximum Gasteiger partial charge on any atom is 0.208 e. The molecule has 9 aromatic carbocycles. The molecule has 52 heavy (non-hydrogen) atoms. The van der Waals surface area contributed by atoms with Gasteiger partial charge in [-0.2, -0.15) is 0 Å². The van der Waals surface area contributed by atoms with Crippen molar-refractivity contribution in [3.63, 3.8) is 0 Å². The fourth-order valence-electron chi connectivity index (χ4n) is 7.97. The lowest BCUT2D eigenvalue weighted by atomic mass is 9.86. The van der Waals surface area contributed by atoms with Gasteiger partial charge in [-0.3, -0.25) is 0 Å². The fourth-order valence-corrected chi connectivity index (χ4v) is 7.97. The topological polar surface area (TPSA) is 114 Å². The Kier molecular flexibility index (Phi) is 6.23. The minimum absolute atomic E-state index is 0.236. The SMILES string of the molecule is Oc1c(O)c(O)c(-c2cccc3c2oc2cccc(-c4ccc5ccc6c(-c7ccc(-c8ccccc8)cc7)ccc7ccc4c5c76)c23)c(O)c1O. The van der Waals surface area contributed by atoms with Crippen molar-refractivity contribution in [3.8, 4) is 73.3 Å². The molecule has 248 valence electrons. The third-order valence-corrected chi connectivity index (χ3v) is 10.4. The second-order valence-electron chi connectivity index (χ2n) is 13.2. The van der Waals surface area contributed by atoms with Crippen LogP contribution in [0.2, 0.25) is 0 Å². The summed E-state index contributed by atoms with van der Waals surface area (Å²) >= 11 is 0. The van der Waals surface area contributed by atoms with Gasteiger partial charge in [0.2, 0.25) is 17.2 Å². The van der Waals surface area contributed by atoms with E-state index in [9.17, 15) is 25.5 Å². The Hall–Kier alpha value is -7.18. The number of phenols is 5. The smallest absolute Gasteiger partial charge is 0.208 e. The van der Waals surface area contributed by atoms with Crippen LogP contribution in [0.4, 0.5) is 0 Å². The van der Waals surface area contributed by atoms with Gasteiger partial charge in [-0.1, -0.05) is 133 Å². The molecule has 0 aliphatic carbocycles. The molecule has 0 fully saturated rings. The molecule has 0 bridgehead atoms. The van der Waals surface area contributed by atoms with E-state index in [2.05, 4.69) is 103 Å². The largest absolute Gasteiger partial charge is 0.504 e. The highest BCUT2D eigenvalue weighted by Gasteiger charge is 2.27. The number of aromatic hydroxyl groups is 5. The second-order valence-corrected chi connectivity index (χ2v) is 13.2. The molecule has 0 saturated carbocycles. The minimum Gasteiger partial charge on any atom is -0.504 e. The highest BCUT2D eigenvalue weighted by atomic mass is 16.4. The fraction of sp³-hybridized carbons (Fsp3) is 0. The number of hydrogen-bond donors (Lipinski definition) is 5. The third-order valence-electron chi connectivity index (χ3n) is 10.4. The summed E-state index contributed by atoms with van der Waals surface area (Å²) in [4.78, 5) is 0. The van der Waals surface area contributed by atoms with Crippen LogP contribution in [-0.4, -0.2) is 25.5 Å². The Morgan fingerprint density at radius 1 is 0.327 bits per heavy atom. The summed E-state index contributed by atoms with van der Waals surface area (Å²) in [5.74, 6) is -4.46. The molecule has 6 heteroatoms. The van der Waals surface area contributed by atoms with Crippen LogP contribution >= 0.6 is 0 Å². The zero-order valence-electron chi connectivity index (χ0n) is 27.4. The molecular formula is C46H28O6. The first-order valence-corrected chi connectivity index (χ1v) is 16.9. The quantitative estimate of drug-likeness (QED) is 0.0720. The van der Waals surface area contributed by atoms with Crippen LogP contribution in [0, 0.1) is 0 Å². The standard InChI is InChI=1S/C46H28O6/c47-41-40(42(48)44(50)45(51)43(41)49)35-10-4-9-34-39-31(8-5-11-36(39)52-46(34)35)30-21-17-28-18-22-32-29(20-16-27-19-23-33(30)38(28)37(27)32)26-14-12-25(13-15-26)24-6-2-1-3-7-24/h1-23,47-51H. The van der Waals surface area contributed by atoms with Gasteiger partial charge in [0.05, 0.1) is 5.56 Å². The summed E-state index contributed by atoms with van der Waals surface area (Å²) in [6.07, 6.45) is 0. The van der Waals surface area contributed by atoms with Gasteiger partial charge < -0.3 is 29.9 Å². The normalized spacial score (nSPS) is 11.8. The predicted octanol–water partition coefficient (Wildman–Crippen LogP) is 11.7. The van der Waals surface area contributed by atoms with E-state index in [1.165, 1.54) is 32.8 Å². The Labute approximate surface area is 296 Å². The lowest BCUT2D eigenvalue weighted by molar-refractivity contribution is 0.330. The van der Waals surface area contributed by atoms with Gasteiger partial charge in [-0.15, -0.1) is 0 Å². The van der Waals surface area contributed by atoms with Crippen molar-refractivity contribution in [3.05, 3.63) is 140 Å². The maximum atomic E-state index is 10.8. The highest BCUT2D eigenvalue weighted by molar-refractivity contribution is 6.29. The summed E-state index contributed by atoms with van der Waals surface area (Å²) < 4.78 is 6.40. The Morgan fingerprint density at radius 2 is 0.865 bits per heavy atom. The molecule has 5 N–H and O–H groups in total. The summed E-state index contributed by atoms with van der Waals surface area (Å²) in [7, 11) is 0. The van der Waals surface area contributed by atoms with Crippen LogP contribution in [-0.2, 0) is 0 Å². The van der Waals surface area contributed by atoms with Crippen molar-refractivity contribution in [1.29, 1.82) is 0 Å². The molecule has 6 nitrogen and oxygen atoms in total. The van der Waals surface area contributed by atoms with E-state index in [1.807, 2.05) is 24.3 Å². The van der Waals surface area contributed by atoms with Crippen LogP contribution in [0.25, 0.3) is 98.8 Å². The van der Waals surface area contributed by atoms with E-state index in [0.717, 1.165) is 38.2 Å². The number of para-hydroxylation sites is 1. The summed E-state index contributed by atoms with van der Waals surface area (Å²) in [5.41, 5.74) is 7.52. The first kappa shape index (κ1) is 29.7. The lowest BCUT2D eigenvalue weighted by Crippen LogP contribution is -1.90. The van der Waals surface area contributed by atoms with Crippen molar-refractivity contribution in [2.45, 2.75) is 0 Å². The van der Waals surface area contributed by atoms with E-state index in [4.69, 9.17) is 4.42 Å². The molecule has 1 heterocycles. The number of hydrogen-bond acceptors (Lipinski definition) is 6. The molecule has 0 aliphatic heterocycles. The lowest BCUT2D eigenvalue weighted by Gasteiger charge is -2.17. The van der Waals surface area contributed by atoms with E-state index >= 15 is 0 Å². The number of rotatable bonds is 4. The van der Waals surface area contributed by atoms with Crippen molar-refractivity contribution in [2.24, 2.45) is 0 Å². The Morgan fingerprint density at radius 3 is 1.56 bits per heavy atom. The molecular weight excluding hydrogens is 649 g/mol. The highest BCUT2D eigenvalue weighted by Crippen LogP contribution is 2.56. The molecule has 0 amide bonds. The Balaban J connectivity index is 1.18. The van der Waals surface area contributed by atoms with Crippen LogP contribution in [0.3, 0.4) is 0 Å². The van der Waals surface area contributed by atoms with Gasteiger partial charge in [-0.05, 0) is 71.8 Å². The first-order chi connectivity index (χ1) is 25.4. The summed E-state index contributed by atoms with van der Waals surface area (Å²) in [6, 6.07) is 47.7. The van der Waals surface area contributed by atoms with Crippen LogP contribution in [0.15, 0.2) is 144 Å². The summed E-state index contributed by atoms with van der Waals surface area (Å²) in [6.45, 7) is 0. The van der Waals surface area contributed by atoms with Crippen LogP contribution in [0.5, 0.6) is 28.7 Å². The number of fused-ring (bicyclic) bond motifs is 3. The number of furan rings is 1. The van der Waals surface area contributed by atoms with Gasteiger partial charge in [0, 0.05) is 16.3 Å². The van der Waals surface area contributed by atoms with Crippen molar-refractivity contribution < 1.29 is 29.9 Å². The average molecular weight is 677 g/mol. The molecule has 0 unspecified atom stereocenters. The predicted molar refractivity (Wildman–Crippen MR) is 207 cm³/mol. The first-order valence-electron chi connectivity index (χ1n) is 16.9. The molecule has 0 aliphatic rings. The molecule has 0 atom stereocenters. The van der Waals surface area contributed by atoms with Crippen LogP contribution < -0.4 is 0 Å². The van der Waals surface area contributed by atoms with Gasteiger partial charge in [0.15, 0.2) is 11.5 Å². The number of benzene rings is 9. The van der Waals surface area contributed by atoms with Crippen molar-refractivity contribution in [1.82, 2.24) is 0 Å². The Bertz CT molecular complexity index is 3020. The van der Waals surface area contributed by atoms with Gasteiger partial charge in [0.1, 0.15) is 11.2 Å². The van der Waals surface area contributed by atoms with E-state index in [1.54, 1.807) is 12.1 Å². The molecule has 10 aromatic rings. The molecule has 1 aromatic heterocycles. The van der Waals surface area contributed by atoms with E-state index < -0.39 is 28.7 Å². The molecule has 0 saturated heterocycles. The second kappa shape index (κ2) is 10.9. The van der Waals surface area contributed by atoms with Gasteiger partial charge in [0.25, 0.3) is 0 Å². The zero-order chi connectivity index (χ0) is 35.2. The number of phenolic OH excluding ortho intramolecular Hbond substituents is 5. The molecule has 10 rings (SSSR count). The maximum absolute atomic E-state index is 10.8. The monoisotopic (exact) mass is 676 g/mol. The van der Waals surface area contributed by atoms with Crippen LogP contribution in [0.1, 0.15) is 0 Å². The molecule has 0 spiro atoms. The van der Waals surface area contributed by atoms with Crippen molar-refractivity contribution in [2.75, 3.05) is 0 Å². The van der Waals surface area contributed by atoms with E-state index in [0.29, 0.717) is 16.6 Å². The molecule has 0 radical (unpaired) electrons. The average Bonchev–Trinajstić information content (AvgIpc) is 3.59. The zero-order valence-corrected chi connectivity index (χ0v) is 27.4. The third kappa shape index (κ3) is 4.12. The summed E-state index contributed by atoms with van der Waals surface area (Å²) in [5, 5.41) is 60.7. The van der Waals surface area contributed by atoms with Gasteiger partial charge >= 0.3 is 0 Å². The van der Waals surface area contributed by atoms with Gasteiger partial charge in [-0.25, -0.2) is 0 Å².